The molecule has 0 bridgehead atoms. The lowest BCUT2D eigenvalue weighted by atomic mass is 10.2. The third kappa shape index (κ3) is 5.80. The minimum atomic E-state index is 0.605. The van der Waals surface area contributed by atoms with Crippen LogP contribution in [-0.2, 0) is 6.54 Å². The van der Waals surface area contributed by atoms with Gasteiger partial charge in [0.1, 0.15) is 0 Å². The fourth-order valence-electron chi connectivity index (χ4n) is 3.32. The van der Waals surface area contributed by atoms with Gasteiger partial charge >= 0.3 is 0 Å². The molecule has 1 unspecified atom stereocenters. The van der Waals surface area contributed by atoms with E-state index in [0.717, 1.165) is 42.5 Å². The minimum absolute atomic E-state index is 0.605. The van der Waals surface area contributed by atoms with Crippen molar-refractivity contribution in [1.29, 1.82) is 0 Å². The topological polar surface area (TPSA) is 58.1 Å². The molecule has 1 aromatic rings. The van der Waals surface area contributed by atoms with Crippen LogP contribution in [0.25, 0.3) is 0 Å². The van der Waals surface area contributed by atoms with E-state index in [2.05, 4.69) is 40.4 Å². The first-order valence-corrected chi connectivity index (χ1v) is 9.70. The van der Waals surface area contributed by atoms with Crippen LogP contribution in [0.2, 0.25) is 0 Å². The zero-order valence-corrected chi connectivity index (χ0v) is 16.7. The summed E-state index contributed by atoms with van der Waals surface area (Å²) in [6.07, 6.45) is 3.53. The van der Waals surface area contributed by atoms with Crippen molar-refractivity contribution in [2.75, 3.05) is 40.4 Å². The van der Waals surface area contributed by atoms with Crippen LogP contribution in [0.5, 0.6) is 11.5 Å². The Labute approximate surface area is 158 Å². The van der Waals surface area contributed by atoms with Crippen LogP contribution < -0.4 is 20.1 Å². The maximum atomic E-state index is 5.71. The average molecular weight is 363 g/mol. The number of likely N-dealkylation sites (tertiary alicyclic amines) is 1. The second-order valence-electron chi connectivity index (χ2n) is 6.56. The van der Waals surface area contributed by atoms with E-state index in [9.17, 15) is 0 Å². The Hall–Kier alpha value is -1.95. The normalized spacial score (nSPS) is 18.0. The summed E-state index contributed by atoms with van der Waals surface area (Å²) in [5.41, 5.74) is 1.13. The molecule has 0 spiro atoms. The Bertz CT molecular complexity index is 577. The molecule has 0 radical (unpaired) electrons. The van der Waals surface area contributed by atoms with Gasteiger partial charge in [0.05, 0.1) is 13.7 Å². The van der Waals surface area contributed by atoms with E-state index in [1.807, 2.05) is 19.2 Å². The van der Waals surface area contributed by atoms with Gasteiger partial charge in [-0.05, 0) is 50.0 Å². The molecule has 1 aromatic carbocycles. The number of benzene rings is 1. The van der Waals surface area contributed by atoms with Crippen LogP contribution in [0.15, 0.2) is 23.2 Å². The minimum Gasteiger partial charge on any atom is -0.493 e. The molecular formula is C20H34N4O2. The molecule has 1 heterocycles. The summed E-state index contributed by atoms with van der Waals surface area (Å²) in [6, 6.07) is 6.65. The fraction of sp³-hybridized carbons (Fsp3) is 0.650. The second-order valence-corrected chi connectivity index (χ2v) is 6.56. The molecule has 0 amide bonds. The molecule has 0 saturated carbocycles. The Morgan fingerprint density at radius 3 is 2.81 bits per heavy atom. The molecule has 1 atom stereocenters. The number of nitrogens with one attached hydrogen (secondary N) is 2. The molecule has 146 valence electrons. The number of ether oxygens (including phenoxy) is 2. The maximum Gasteiger partial charge on any atom is 0.191 e. The van der Waals surface area contributed by atoms with Crippen LogP contribution in [0.3, 0.4) is 0 Å². The van der Waals surface area contributed by atoms with E-state index in [1.54, 1.807) is 7.11 Å². The van der Waals surface area contributed by atoms with Crippen molar-refractivity contribution >= 4 is 5.96 Å². The second kappa shape index (κ2) is 10.9. The zero-order chi connectivity index (χ0) is 18.8. The molecule has 0 aromatic heterocycles. The molecule has 1 saturated heterocycles. The van der Waals surface area contributed by atoms with Gasteiger partial charge in [-0.3, -0.25) is 9.89 Å². The lowest BCUT2D eigenvalue weighted by Crippen LogP contribution is -2.44. The highest BCUT2D eigenvalue weighted by molar-refractivity contribution is 5.79. The molecular weight excluding hydrogens is 328 g/mol. The predicted molar refractivity (Wildman–Crippen MR) is 107 cm³/mol. The smallest absolute Gasteiger partial charge is 0.191 e. The molecule has 1 fully saturated rings. The van der Waals surface area contributed by atoms with Gasteiger partial charge in [-0.15, -0.1) is 0 Å². The van der Waals surface area contributed by atoms with Gasteiger partial charge in [0.2, 0.25) is 0 Å². The average Bonchev–Trinajstić information content (AvgIpc) is 3.14. The summed E-state index contributed by atoms with van der Waals surface area (Å²) in [6.45, 7) is 8.96. The number of likely N-dealkylation sites (N-methyl/N-ethyl adjacent to an activating group) is 1. The molecule has 26 heavy (non-hydrogen) atoms. The number of methoxy groups -OCH3 is 1. The lowest BCUT2D eigenvalue weighted by molar-refractivity contribution is 0.267. The van der Waals surface area contributed by atoms with Crippen molar-refractivity contribution in [3.63, 3.8) is 0 Å². The Morgan fingerprint density at radius 2 is 2.12 bits per heavy atom. The molecule has 1 aliphatic rings. The number of hydrogen-bond acceptors (Lipinski definition) is 4. The number of aliphatic imine (C=N–C) groups is 1. The van der Waals surface area contributed by atoms with Crippen LogP contribution in [0, 0.1) is 0 Å². The Kier molecular flexibility index (Phi) is 8.54. The third-order valence-electron chi connectivity index (χ3n) is 4.78. The van der Waals surface area contributed by atoms with Gasteiger partial charge in [0.15, 0.2) is 17.5 Å². The SMILES string of the molecule is CCCOc1ccc(CNC(=NC)NCC2CCCN2CC)cc1OC. The van der Waals surface area contributed by atoms with Crippen molar-refractivity contribution in [3.05, 3.63) is 23.8 Å². The zero-order valence-electron chi connectivity index (χ0n) is 16.7. The van der Waals surface area contributed by atoms with Crippen molar-refractivity contribution in [2.45, 2.75) is 45.7 Å². The maximum absolute atomic E-state index is 5.71. The largest absolute Gasteiger partial charge is 0.493 e. The Morgan fingerprint density at radius 1 is 1.27 bits per heavy atom. The number of hydrogen-bond donors (Lipinski definition) is 2. The van der Waals surface area contributed by atoms with Crippen molar-refractivity contribution in [2.24, 2.45) is 4.99 Å². The van der Waals surface area contributed by atoms with E-state index in [4.69, 9.17) is 9.47 Å². The quantitative estimate of drug-likeness (QED) is 0.522. The number of nitrogens with zero attached hydrogens (tertiary/aromatic N) is 2. The van der Waals surface area contributed by atoms with Crippen LogP contribution in [-0.4, -0.2) is 57.3 Å². The van der Waals surface area contributed by atoms with Crippen LogP contribution in [0.4, 0.5) is 0 Å². The van der Waals surface area contributed by atoms with Gasteiger partial charge in [-0.1, -0.05) is 19.9 Å². The van der Waals surface area contributed by atoms with Gasteiger partial charge in [0.25, 0.3) is 0 Å². The standard InChI is InChI=1S/C20H34N4O2/c1-5-12-26-18-10-9-16(13-19(18)25-4)14-22-20(21-3)23-15-17-8-7-11-24(17)6-2/h9-10,13,17H,5-8,11-12,14-15H2,1-4H3,(H2,21,22,23). The van der Waals surface area contributed by atoms with Crippen molar-refractivity contribution in [3.8, 4) is 11.5 Å². The Balaban J connectivity index is 1.85. The highest BCUT2D eigenvalue weighted by Gasteiger charge is 2.22. The van der Waals surface area contributed by atoms with Gasteiger partial charge in [-0.2, -0.15) is 0 Å². The van der Waals surface area contributed by atoms with E-state index < -0.39 is 0 Å². The van der Waals surface area contributed by atoms with E-state index in [0.29, 0.717) is 19.2 Å². The van der Waals surface area contributed by atoms with Crippen molar-refractivity contribution in [1.82, 2.24) is 15.5 Å². The summed E-state index contributed by atoms with van der Waals surface area (Å²) in [5, 5.41) is 6.84. The van der Waals surface area contributed by atoms with E-state index in [1.165, 1.54) is 19.4 Å². The van der Waals surface area contributed by atoms with Crippen LogP contribution >= 0.6 is 0 Å². The molecule has 2 rings (SSSR count). The van der Waals surface area contributed by atoms with Gasteiger partial charge < -0.3 is 20.1 Å². The molecule has 2 N–H and O–H groups in total. The first-order chi connectivity index (χ1) is 12.7. The molecule has 6 nitrogen and oxygen atoms in total. The summed E-state index contributed by atoms with van der Waals surface area (Å²) in [5.74, 6) is 2.39. The monoisotopic (exact) mass is 362 g/mol. The summed E-state index contributed by atoms with van der Waals surface area (Å²) < 4.78 is 11.2. The van der Waals surface area contributed by atoms with E-state index >= 15 is 0 Å². The first-order valence-electron chi connectivity index (χ1n) is 9.70. The lowest BCUT2D eigenvalue weighted by Gasteiger charge is -2.24. The van der Waals surface area contributed by atoms with E-state index in [-0.39, 0.29) is 0 Å². The third-order valence-corrected chi connectivity index (χ3v) is 4.78. The molecule has 1 aliphatic heterocycles. The summed E-state index contributed by atoms with van der Waals surface area (Å²) in [4.78, 5) is 6.86. The molecule has 6 heteroatoms. The predicted octanol–water partition coefficient (Wildman–Crippen LogP) is 2.63. The van der Waals surface area contributed by atoms with Crippen LogP contribution in [0.1, 0.15) is 38.7 Å². The first kappa shape index (κ1) is 20.4. The van der Waals surface area contributed by atoms with Crippen molar-refractivity contribution < 1.29 is 9.47 Å². The highest BCUT2D eigenvalue weighted by Crippen LogP contribution is 2.28. The fourth-order valence-corrected chi connectivity index (χ4v) is 3.32. The van der Waals surface area contributed by atoms with Gasteiger partial charge in [-0.25, -0.2) is 0 Å². The summed E-state index contributed by atoms with van der Waals surface area (Å²) >= 11 is 0. The highest BCUT2D eigenvalue weighted by atomic mass is 16.5. The summed E-state index contributed by atoms with van der Waals surface area (Å²) in [7, 11) is 3.48. The molecule has 0 aliphatic carbocycles. The number of guanidine groups is 1. The van der Waals surface area contributed by atoms with Gasteiger partial charge in [0, 0.05) is 26.2 Å². The number of rotatable bonds is 9.